The van der Waals surface area contributed by atoms with Gasteiger partial charge in [-0.15, -0.1) is 0 Å². The van der Waals surface area contributed by atoms with Gasteiger partial charge in [0.1, 0.15) is 0 Å². The Morgan fingerprint density at radius 3 is 2.70 bits per heavy atom. The Hall–Kier alpha value is -3.00. The molecule has 1 unspecified atom stereocenters. The molecule has 30 heavy (non-hydrogen) atoms. The number of benzene rings is 1. The molecule has 0 bridgehead atoms. The van der Waals surface area contributed by atoms with Crippen molar-refractivity contribution in [3.8, 4) is 11.5 Å². The third-order valence-corrected chi connectivity index (χ3v) is 6.48. The summed E-state index contributed by atoms with van der Waals surface area (Å²) in [4.78, 5) is 21.8. The molecule has 2 aliphatic rings. The number of aromatic nitrogens is 4. The van der Waals surface area contributed by atoms with Gasteiger partial charge in [0.05, 0.1) is 17.8 Å². The average Bonchev–Trinajstić information content (AvgIpc) is 3.43. The largest absolute Gasteiger partial charge is 0.337 e. The molecule has 4 heterocycles. The Balaban J connectivity index is 1.27. The van der Waals surface area contributed by atoms with Crippen molar-refractivity contribution >= 4 is 5.91 Å². The highest BCUT2D eigenvalue weighted by molar-refractivity contribution is 5.95. The van der Waals surface area contributed by atoms with Crippen LogP contribution in [0.15, 0.2) is 41.1 Å². The molecule has 8 heteroatoms. The van der Waals surface area contributed by atoms with E-state index in [1.165, 1.54) is 0 Å². The molecule has 1 aromatic carbocycles. The van der Waals surface area contributed by atoms with Crippen LogP contribution in [0.4, 0.5) is 0 Å². The standard InChI is InChI=1S/C22H26N6O2/c1-4-28-15(2)17(11-23-28)21(29)27-13-22(14-27)10-18(26(3)12-22)19-24-20(30-25-19)16-8-6-5-7-9-16/h5-9,11,18H,4,10,12-14H2,1-3H3. The Bertz CT molecular complexity index is 1070. The maximum absolute atomic E-state index is 12.9. The fraction of sp³-hybridized carbons (Fsp3) is 0.455. The highest BCUT2D eigenvalue weighted by atomic mass is 16.5. The van der Waals surface area contributed by atoms with Crippen LogP contribution in [0.3, 0.4) is 0 Å². The zero-order chi connectivity index (χ0) is 20.9. The van der Waals surface area contributed by atoms with Gasteiger partial charge in [-0.05, 0) is 39.4 Å². The highest BCUT2D eigenvalue weighted by Crippen LogP contribution is 2.47. The van der Waals surface area contributed by atoms with Crippen LogP contribution in [0.5, 0.6) is 0 Å². The molecule has 2 aromatic heterocycles. The summed E-state index contributed by atoms with van der Waals surface area (Å²) < 4.78 is 7.38. The number of rotatable bonds is 4. The van der Waals surface area contributed by atoms with Crippen LogP contribution in [-0.4, -0.2) is 62.3 Å². The first kappa shape index (κ1) is 19.0. The fourth-order valence-electron chi connectivity index (χ4n) is 4.91. The van der Waals surface area contributed by atoms with Gasteiger partial charge >= 0.3 is 0 Å². The van der Waals surface area contributed by atoms with Crippen molar-refractivity contribution in [1.82, 2.24) is 29.7 Å². The van der Waals surface area contributed by atoms with E-state index < -0.39 is 0 Å². The van der Waals surface area contributed by atoms with E-state index in [1.807, 2.05) is 53.8 Å². The molecule has 1 amide bonds. The number of aryl methyl sites for hydroxylation is 1. The molecule has 1 atom stereocenters. The highest BCUT2D eigenvalue weighted by Gasteiger charge is 2.53. The number of hydrogen-bond acceptors (Lipinski definition) is 6. The average molecular weight is 406 g/mol. The minimum Gasteiger partial charge on any atom is -0.337 e. The smallest absolute Gasteiger partial charge is 0.257 e. The molecule has 0 radical (unpaired) electrons. The third-order valence-electron chi connectivity index (χ3n) is 6.48. The molecule has 8 nitrogen and oxygen atoms in total. The van der Waals surface area contributed by atoms with E-state index in [9.17, 15) is 4.79 Å². The Labute approximate surface area is 175 Å². The Kier molecular flexibility index (Phi) is 4.47. The van der Waals surface area contributed by atoms with Gasteiger partial charge in [0.2, 0.25) is 0 Å². The molecule has 3 aromatic rings. The van der Waals surface area contributed by atoms with Gasteiger partial charge in [0, 0.05) is 42.9 Å². The van der Waals surface area contributed by atoms with Crippen LogP contribution >= 0.6 is 0 Å². The summed E-state index contributed by atoms with van der Waals surface area (Å²) in [6.45, 7) is 7.19. The van der Waals surface area contributed by atoms with E-state index in [0.717, 1.165) is 49.7 Å². The van der Waals surface area contributed by atoms with Crippen LogP contribution < -0.4 is 0 Å². The monoisotopic (exact) mass is 406 g/mol. The first-order valence-electron chi connectivity index (χ1n) is 10.4. The second-order valence-corrected chi connectivity index (χ2v) is 8.58. The van der Waals surface area contributed by atoms with Gasteiger partial charge in [0.25, 0.3) is 11.8 Å². The number of carbonyl (C=O) groups is 1. The lowest BCUT2D eigenvalue weighted by Crippen LogP contribution is -2.59. The summed E-state index contributed by atoms with van der Waals surface area (Å²) in [6, 6.07) is 9.93. The summed E-state index contributed by atoms with van der Waals surface area (Å²) in [5.41, 5.74) is 2.66. The lowest BCUT2D eigenvalue weighted by molar-refractivity contribution is 0.0114. The van der Waals surface area contributed by atoms with Crippen LogP contribution in [0.2, 0.25) is 0 Å². The van der Waals surface area contributed by atoms with Crippen LogP contribution in [0, 0.1) is 12.3 Å². The molecule has 156 valence electrons. The van der Waals surface area contributed by atoms with Gasteiger partial charge in [-0.25, -0.2) is 0 Å². The molecule has 2 fully saturated rings. The number of nitrogens with zero attached hydrogens (tertiary/aromatic N) is 6. The summed E-state index contributed by atoms with van der Waals surface area (Å²) >= 11 is 0. The lowest BCUT2D eigenvalue weighted by atomic mass is 9.77. The van der Waals surface area contributed by atoms with Crippen molar-refractivity contribution in [2.24, 2.45) is 5.41 Å². The predicted molar refractivity (Wildman–Crippen MR) is 111 cm³/mol. The number of carbonyl (C=O) groups excluding carboxylic acids is 1. The zero-order valence-corrected chi connectivity index (χ0v) is 17.6. The van der Waals surface area contributed by atoms with Crippen LogP contribution in [-0.2, 0) is 6.54 Å². The first-order valence-corrected chi connectivity index (χ1v) is 10.4. The van der Waals surface area contributed by atoms with Crippen LogP contribution in [0.25, 0.3) is 11.5 Å². The molecule has 0 saturated carbocycles. The van der Waals surface area contributed by atoms with E-state index in [0.29, 0.717) is 11.5 Å². The fourth-order valence-corrected chi connectivity index (χ4v) is 4.91. The second-order valence-electron chi connectivity index (χ2n) is 8.58. The Morgan fingerprint density at radius 1 is 1.23 bits per heavy atom. The third kappa shape index (κ3) is 3.02. The maximum atomic E-state index is 12.9. The minimum absolute atomic E-state index is 0.0786. The molecule has 2 aliphatic heterocycles. The van der Waals surface area contributed by atoms with E-state index in [2.05, 4.69) is 27.2 Å². The van der Waals surface area contributed by atoms with Gasteiger partial charge < -0.3 is 9.42 Å². The summed E-state index contributed by atoms with van der Waals surface area (Å²) in [7, 11) is 2.10. The van der Waals surface area contributed by atoms with Crippen LogP contribution in [0.1, 0.15) is 41.3 Å². The summed E-state index contributed by atoms with van der Waals surface area (Å²) in [6.07, 6.45) is 2.62. The van der Waals surface area contributed by atoms with E-state index >= 15 is 0 Å². The number of amides is 1. The minimum atomic E-state index is 0.0786. The van der Waals surface area contributed by atoms with Gasteiger partial charge in [0.15, 0.2) is 5.82 Å². The van der Waals surface area contributed by atoms with Crippen molar-refractivity contribution in [1.29, 1.82) is 0 Å². The molecular weight excluding hydrogens is 380 g/mol. The van der Waals surface area contributed by atoms with Crippen molar-refractivity contribution < 1.29 is 9.32 Å². The van der Waals surface area contributed by atoms with Gasteiger partial charge in [-0.3, -0.25) is 14.4 Å². The van der Waals surface area contributed by atoms with Crippen molar-refractivity contribution in [2.45, 2.75) is 32.9 Å². The molecule has 5 rings (SSSR count). The van der Waals surface area contributed by atoms with E-state index in [-0.39, 0.29) is 17.4 Å². The molecule has 0 N–H and O–H groups in total. The van der Waals surface area contributed by atoms with Crippen molar-refractivity contribution in [2.75, 3.05) is 26.7 Å². The second kappa shape index (κ2) is 7.05. The van der Waals surface area contributed by atoms with Gasteiger partial charge in [-0.1, -0.05) is 23.4 Å². The van der Waals surface area contributed by atoms with E-state index in [4.69, 9.17) is 4.52 Å². The molecular formula is C22H26N6O2. The number of likely N-dealkylation sites (tertiary alicyclic amines) is 2. The Morgan fingerprint density at radius 2 is 2.00 bits per heavy atom. The SMILES string of the molecule is CCn1ncc(C(=O)N2CC3(CC(c4noc(-c5ccccc5)n4)N(C)C3)C2)c1C. The predicted octanol–water partition coefficient (Wildman–Crippen LogP) is 2.78. The zero-order valence-electron chi connectivity index (χ0n) is 17.6. The first-order chi connectivity index (χ1) is 14.5. The lowest BCUT2D eigenvalue weighted by Gasteiger charge is -2.48. The molecule has 0 aliphatic carbocycles. The molecule has 1 spiro atoms. The van der Waals surface area contributed by atoms with E-state index in [1.54, 1.807) is 6.20 Å². The summed E-state index contributed by atoms with van der Waals surface area (Å²) in [5, 5.41) is 8.57. The van der Waals surface area contributed by atoms with Crippen molar-refractivity contribution in [3.05, 3.63) is 53.6 Å². The molecule has 2 saturated heterocycles. The quantitative estimate of drug-likeness (QED) is 0.663. The number of hydrogen-bond donors (Lipinski definition) is 0. The normalized spacial score (nSPS) is 20.6. The van der Waals surface area contributed by atoms with Gasteiger partial charge in [-0.2, -0.15) is 10.1 Å². The maximum Gasteiger partial charge on any atom is 0.257 e. The van der Waals surface area contributed by atoms with Crippen molar-refractivity contribution in [3.63, 3.8) is 0 Å². The summed E-state index contributed by atoms with van der Waals surface area (Å²) in [5.74, 6) is 1.35. The topological polar surface area (TPSA) is 80.3 Å².